The van der Waals surface area contributed by atoms with Gasteiger partial charge in [-0.25, -0.2) is 4.39 Å². The second kappa shape index (κ2) is 12.5. The van der Waals surface area contributed by atoms with Crippen LogP contribution in [0.2, 0.25) is 0 Å². The molecule has 182 valence electrons. The molecule has 2 aromatic rings. The highest BCUT2D eigenvalue weighted by Crippen LogP contribution is 2.28. The van der Waals surface area contributed by atoms with Crippen molar-refractivity contribution in [1.29, 1.82) is 0 Å². The highest BCUT2D eigenvalue weighted by molar-refractivity contribution is 7.10. The average molecular weight is 485 g/mol. The largest absolute Gasteiger partial charge is 0.501 e. The van der Waals surface area contributed by atoms with Gasteiger partial charge in [0, 0.05) is 22.2 Å². The van der Waals surface area contributed by atoms with Crippen LogP contribution in [0.3, 0.4) is 0 Å². The molecule has 1 aliphatic rings. The van der Waals surface area contributed by atoms with Crippen LogP contribution >= 0.6 is 11.3 Å². The summed E-state index contributed by atoms with van der Waals surface area (Å²) in [5.74, 6) is -0.534. The number of allylic oxidation sites excluding steroid dienone is 2. The number of methoxy groups -OCH3 is 1. The number of hydrogen-bond acceptors (Lipinski definition) is 4. The Morgan fingerprint density at radius 1 is 1.24 bits per heavy atom. The van der Waals surface area contributed by atoms with E-state index in [1.54, 1.807) is 25.1 Å². The maximum atomic E-state index is 14.3. The first-order valence-corrected chi connectivity index (χ1v) is 12.6. The summed E-state index contributed by atoms with van der Waals surface area (Å²) in [6.45, 7) is 3.61. The molecule has 1 aromatic heterocycles. The van der Waals surface area contributed by atoms with Gasteiger partial charge in [-0.2, -0.15) is 0 Å². The van der Waals surface area contributed by atoms with E-state index in [0.717, 1.165) is 37.0 Å². The van der Waals surface area contributed by atoms with Crippen LogP contribution in [0.5, 0.6) is 0 Å². The second-order valence-corrected chi connectivity index (χ2v) is 9.49. The van der Waals surface area contributed by atoms with Gasteiger partial charge in [-0.1, -0.05) is 43.5 Å². The maximum absolute atomic E-state index is 14.3. The van der Waals surface area contributed by atoms with Crippen LogP contribution in [-0.4, -0.2) is 31.0 Å². The van der Waals surface area contributed by atoms with Crippen molar-refractivity contribution in [3.63, 3.8) is 0 Å². The predicted octanol–water partition coefficient (Wildman–Crippen LogP) is 5.78. The van der Waals surface area contributed by atoms with Crippen LogP contribution < -0.4 is 10.2 Å². The van der Waals surface area contributed by atoms with E-state index in [0.29, 0.717) is 17.0 Å². The van der Waals surface area contributed by atoms with Crippen molar-refractivity contribution in [3.8, 4) is 0 Å². The molecule has 5 nitrogen and oxygen atoms in total. The molecule has 7 heteroatoms. The highest BCUT2D eigenvalue weighted by Gasteiger charge is 2.36. The van der Waals surface area contributed by atoms with Gasteiger partial charge in [0.15, 0.2) is 0 Å². The van der Waals surface area contributed by atoms with Gasteiger partial charge in [0.1, 0.15) is 11.9 Å². The normalized spacial score (nSPS) is 16.1. The quantitative estimate of drug-likeness (QED) is 0.363. The van der Waals surface area contributed by atoms with Crippen molar-refractivity contribution < 1.29 is 18.7 Å². The number of carbonyl (C=O) groups is 2. The van der Waals surface area contributed by atoms with Crippen molar-refractivity contribution >= 4 is 28.8 Å². The third-order valence-electron chi connectivity index (χ3n) is 6.07. The molecule has 1 aliphatic carbocycles. The standard InChI is InChI=1S/C27H33FN2O3S/c1-4-10-24(19(2)33-3)26(27(32)29-21-12-6-5-7-13-21)30(22-14-8-11-20(28)17-22)25(31)18-23-15-9-16-34-23/h4,8-11,14-17,21,26H,5-7,12-13,18H2,1-3H3,(H,29,32)/b10-4-,24-19?. The number of nitrogens with zero attached hydrogens (tertiary/aromatic N) is 1. The molecular formula is C27H33FN2O3S. The van der Waals surface area contributed by atoms with Crippen LogP contribution in [0, 0.1) is 5.82 Å². The van der Waals surface area contributed by atoms with E-state index in [4.69, 9.17) is 4.74 Å². The van der Waals surface area contributed by atoms with Crippen molar-refractivity contribution in [3.05, 3.63) is 76.0 Å². The fraction of sp³-hybridized carbons (Fsp3) is 0.407. The Morgan fingerprint density at radius 2 is 2.00 bits per heavy atom. The van der Waals surface area contributed by atoms with Gasteiger partial charge in [-0.05, 0) is 56.3 Å². The fourth-order valence-corrected chi connectivity index (χ4v) is 5.03. The lowest BCUT2D eigenvalue weighted by molar-refractivity contribution is -0.126. The molecule has 1 N–H and O–H groups in total. The summed E-state index contributed by atoms with van der Waals surface area (Å²) < 4.78 is 19.8. The van der Waals surface area contributed by atoms with Crippen LogP contribution in [0.25, 0.3) is 0 Å². The Balaban J connectivity index is 2.10. The summed E-state index contributed by atoms with van der Waals surface area (Å²) in [6, 6.07) is 8.64. The lowest BCUT2D eigenvalue weighted by Crippen LogP contribution is -2.53. The SMILES string of the molecule is C/C=C\C(=C(C)OC)C(C(=O)NC1CCCCC1)N(C(=O)Cc1cccs1)c1cccc(F)c1. The van der Waals surface area contributed by atoms with Gasteiger partial charge < -0.3 is 10.1 Å². The molecule has 2 amide bonds. The maximum Gasteiger partial charge on any atom is 0.248 e. The zero-order valence-corrected chi connectivity index (χ0v) is 20.9. The number of nitrogens with one attached hydrogen (secondary N) is 1. The topological polar surface area (TPSA) is 58.6 Å². The Morgan fingerprint density at radius 3 is 2.62 bits per heavy atom. The Hall–Kier alpha value is -2.93. The number of rotatable bonds is 9. The van der Waals surface area contributed by atoms with Crippen molar-refractivity contribution in [1.82, 2.24) is 5.32 Å². The van der Waals surface area contributed by atoms with E-state index in [1.807, 2.05) is 30.5 Å². The lowest BCUT2D eigenvalue weighted by atomic mass is 9.94. The van der Waals surface area contributed by atoms with Gasteiger partial charge in [-0.15, -0.1) is 11.3 Å². The summed E-state index contributed by atoms with van der Waals surface area (Å²) in [5.41, 5.74) is 0.887. The van der Waals surface area contributed by atoms with Crippen molar-refractivity contribution in [2.45, 2.75) is 64.5 Å². The molecule has 0 spiro atoms. The van der Waals surface area contributed by atoms with Gasteiger partial charge in [0.25, 0.3) is 0 Å². The summed E-state index contributed by atoms with van der Waals surface area (Å²) in [7, 11) is 1.54. The molecule has 1 saturated carbocycles. The monoisotopic (exact) mass is 484 g/mol. The first-order valence-electron chi connectivity index (χ1n) is 11.7. The van der Waals surface area contributed by atoms with Crippen molar-refractivity contribution in [2.24, 2.45) is 0 Å². The first kappa shape index (κ1) is 25.7. The molecule has 1 fully saturated rings. The molecule has 0 aliphatic heterocycles. The number of amides is 2. The number of benzene rings is 1. The number of thiophene rings is 1. The summed E-state index contributed by atoms with van der Waals surface area (Å²) in [5, 5.41) is 5.07. The Labute approximate surface area is 205 Å². The minimum Gasteiger partial charge on any atom is -0.501 e. The van der Waals surface area contributed by atoms with E-state index >= 15 is 0 Å². The van der Waals surface area contributed by atoms with Crippen LogP contribution in [0.15, 0.2) is 65.3 Å². The molecule has 1 atom stereocenters. The number of hydrogen-bond donors (Lipinski definition) is 1. The highest BCUT2D eigenvalue weighted by atomic mass is 32.1. The summed E-state index contributed by atoms with van der Waals surface area (Å²) >= 11 is 1.47. The zero-order valence-electron chi connectivity index (χ0n) is 20.1. The molecule has 1 heterocycles. The molecule has 1 aromatic carbocycles. The van der Waals surface area contributed by atoms with Gasteiger partial charge in [0.05, 0.1) is 19.3 Å². The zero-order chi connectivity index (χ0) is 24.5. The third kappa shape index (κ3) is 6.56. The Kier molecular flexibility index (Phi) is 9.45. The lowest BCUT2D eigenvalue weighted by Gasteiger charge is -2.34. The number of carbonyl (C=O) groups excluding carboxylic acids is 2. The Bertz CT molecular complexity index is 1030. The molecule has 0 saturated heterocycles. The molecule has 34 heavy (non-hydrogen) atoms. The van der Waals surface area contributed by atoms with Crippen LogP contribution in [0.4, 0.5) is 10.1 Å². The van der Waals surface area contributed by atoms with Gasteiger partial charge in [0.2, 0.25) is 11.8 Å². The summed E-state index contributed by atoms with van der Waals surface area (Å²) in [6.07, 6.45) is 8.82. The smallest absolute Gasteiger partial charge is 0.248 e. The average Bonchev–Trinajstić information content (AvgIpc) is 3.34. The first-order chi connectivity index (χ1) is 16.4. The molecule has 3 rings (SSSR count). The molecule has 0 bridgehead atoms. The van der Waals surface area contributed by atoms with E-state index in [-0.39, 0.29) is 24.3 Å². The van der Waals surface area contributed by atoms with Crippen LogP contribution in [0.1, 0.15) is 50.8 Å². The number of ether oxygens (including phenoxy) is 1. The second-order valence-electron chi connectivity index (χ2n) is 8.46. The van der Waals surface area contributed by atoms with Crippen LogP contribution in [-0.2, 0) is 20.7 Å². The van der Waals surface area contributed by atoms with E-state index < -0.39 is 11.9 Å². The summed E-state index contributed by atoms with van der Waals surface area (Å²) in [4.78, 5) is 29.8. The van der Waals surface area contributed by atoms with E-state index in [1.165, 1.54) is 35.5 Å². The predicted molar refractivity (Wildman–Crippen MR) is 135 cm³/mol. The van der Waals surface area contributed by atoms with Crippen molar-refractivity contribution in [2.75, 3.05) is 12.0 Å². The third-order valence-corrected chi connectivity index (χ3v) is 6.95. The number of anilines is 1. The number of halogens is 1. The molecular weight excluding hydrogens is 451 g/mol. The van der Waals surface area contributed by atoms with E-state index in [2.05, 4.69) is 5.32 Å². The van der Waals surface area contributed by atoms with E-state index in [9.17, 15) is 14.0 Å². The minimum absolute atomic E-state index is 0.0558. The molecule has 1 unspecified atom stereocenters. The van der Waals surface area contributed by atoms with Gasteiger partial charge in [-0.3, -0.25) is 14.5 Å². The fourth-order valence-electron chi connectivity index (χ4n) is 4.33. The minimum atomic E-state index is -1.01. The molecule has 0 radical (unpaired) electrons. The van der Waals surface area contributed by atoms with Gasteiger partial charge >= 0.3 is 0 Å².